The highest BCUT2D eigenvalue weighted by molar-refractivity contribution is 6.36. The van der Waals surface area contributed by atoms with Gasteiger partial charge in [0.05, 0.1) is 19.3 Å². The van der Waals surface area contributed by atoms with E-state index in [2.05, 4.69) is 4.90 Å². The lowest BCUT2D eigenvalue weighted by Gasteiger charge is -2.36. The number of ether oxygens (including phenoxy) is 1. The van der Waals surface area contributed by atoms with E-state index in [1.54, 1.807) is 7.11 Å². The van der Waals surface area contributed by atoms with Crippen molar-refractivity contribution in [1.82, 2.24) is 14.7 Å². The average molecular weight is 387 g/mol. The minimum absolute atomic E-state index is 0.122. The van der Waals surface area contributed by atoms with Crippen molar-refractivity contribution in [3.8, 4) is 5.75 Å². The van der Waals surface area contributed by atoms with Crippen LogP contribution < -0.4 is 4.74 Å². The fourth-order valence-corrected chi connectivity index (χ4v) is 3.81. The summed E-state index contributed by atoms with van der Waals surface area (Å²) in [4.78, 5) is 32.0. The van der Waals surface area contributed by atoms with Gasteiger partial charge in [-0.1, -0.05) is 31.5 Å². The number of carbonyl (C=O) groups excluding carboxylic acids is 2. The second kappa shape index (κ2) is 9.21. The van der Waals surface area contributed by atoms with E-state index in [0.29, 0.717) is 48.8 Å². The van der Waals surface area contributed by atoms with Crippen LogP contribution in [-0.2, 0) is 9.59 Å². The van der Waals surface area contributed by atoms with Crippen molar-refractivity contribution < 1.29 is 19.4 Å². The number of hydrogen-bond donors (Lipinski definition) is 1. The summed E-state index contributed by atoms with van der Waals surface area (Å²) < 4.78 is 5.47. The highest BCUT2D eigenvalue weighted by Gasteiger charge is 2.42. The molecule has 0 atom stereocenters. The van der Waals surface area contributed by atoms with Gasteiger partial charge >= 0.3 is 0 Å². The van der Waals surface area contributed by atoms with Gasteiger partial charge in [-0.3, -0.25) is 19.4 Å². The number of unbranched alkanes of at least 4 members (excludes halogenated alkanes) is 1. The lowest BCUT2D eigenvalue weighted by atomic mass is 10.0. The molecule has 1 saturated heterocycles. The molecule has 3 rings (SSSR count). The molecule has 28 heavy (non-hydrogen) atoms. The van der Waals surface area contributed by atoms with Gasteiger partial charge in [-0.25, -0.2) is 0 Å². The SMILES string of the molecule is CCCCN1C(=O)C(c2ccccc2OC)=C(N2CCN(CCO)CC2)C1=O. The number of methoxy groups -OCH3 is 1. The van der Waals surface area contributed by atoms with Crippen molar-refractivity contribution in [2.24, 2.45) is 0 Å². The summed E-state index contributed by atoms with van der Waals surface area (Å²) in [6, 6.07) is 7.36. The van der Waals surface area contributed by atoms with E-state index < -0.39 is 0 Å². The van der Waals surface area contributed by atoms with Crippen molar-refractivity contribution in [2.75, 3.05) is 53.0 Å². The first-order chi connectivity index (χ1) is 13.6. The van der Waals surface area contributed by atoms with Gasteiger partial charge in [0.25, 0.3) is 11.8 Å². The van der Waals surface area contributed by atoms with E-state index in [1.165, 1.54) is 4.90 Å². The van der Waals surface area contributed by atoms with Gasteiger partial charge in [-0.2, -0.15) is 0 Å². The van der Waals surface area contributed by atoms with Crippen LogP contribution in [0, 0.1) is 0 Å². The zero-order valence-corrected chi connectivity index (χ0v) is 16.7. The Morgan fingerprint density at radius 1 is 1.04 bits per heavy atom. The van der Waals surface area contributed by atoms with Gasteiger partial charge < -0.3 is 14.7 Å². The molecule has 2 aliphatic rings. The summed E-state index contributed by atoms with van der Waals surface area (Å²) in [6.45, 7) is 6.02. The molecule has 7 nitrogen and oxygen atoms in total. The molecule has 0 radical (unpaired) electrons. The fourth-order valence-electron chi connectivity index (χ4n) is 3.81. The highest BCUT2D eigenvalue weighted by Crippen LogP contribution is 2.36. The van der Waals surface area contributed by atoms with Crippen LogP contribution in [0.25, 0.3) is 5.57 Å². The maximum absolute atomic E-state index is 13.2. The zero-order chi connectivity index (χ0) is 20.1. The van der Waals surface area contributed by atoms with Gasteiger partial charge in [0, 0.05) is 44.8 Å². The summed E-state index contributed by atoms with van der Waals surface area (Å²) in [7, 11) is 1.57. The van der Waals surface area contributed by atoms with E-state index in [4.69, 9.17) is 9.84 Å². The van der Waals surface area contributed by atoms with Gasteiger partial charge in [0.2, 0.25) is 0 Å². The summed E-state index contributed by atoms with van der Waals surface area (Å²) in [5.41, 5.74) is 1.58. The summed E-state index contributed by atoms with van der Waals surface area (Å²) >= 11 is 0. The Bertz CT molecular complexity index is 754. The molecule has 2 aliphatic heterocycles. The third kappa shape index (κ3) is 3.91. The van der Waals surface area contributed by atoms with Crippen LogP contribution in [0.4, 0.5) is 0 Å². The number of hydrogen-bond acceptors (Lipinski definition) is 6. The van der Waals surface area contributed by atoms with Crippen LogP contribution in [0.15, 0.2) is 30.0 Å². The molecule has 1 aromatic rings. The predicted octanol–water partition coefficient (Wildman–Crippen LogP) is 1.19. The minimum Gasteiger partial charge on any atom is -0.496 e. The van der Waals surface area contributed by atoms with Crippen LogP contribution in [-0.4, -0.2) is 84.6 Å². The van der Waals surface area contributed by atoms with Crippen LogP contribution in [0.3, 0.4) is 0 Å². The Kier molecular flexibility index (Phi) is 6.70. The topological polar surface area (TPSA) is 73.3 Å². The van der Waals surface area contributed by atoms with Gasteiger partial charge in [0.1, 0.15) is 11.4 Å². The first kappa shape index (κ1) is 20.4. The molecule has 0 aliphatic carbocycles. The number of nitrogens with zero attached hydrogens (tertiary/aromatic N) is 3. The number of rotatable bonds is 8. The largest absolute Gasteiger partial charge is 0.496 e. The second-order valence-electron chi connectivity index (χ2n) is 7.09. The molecule has 0 unspecified atom stereocenters. The number of carbonyl (C=O) groups is 2. The number of para-hydroxylation sites is 1. The normalized spacial score (nSPS) is 18.4. The van der Waals surface area contributed by atoms with Crippen molar-refractivity contribution in [1.29, 1.82) is 0 Å². The van der Waals surface area contributed by atoms with E-state index >= 15 is 0 Å². The predicted molar refractivity (Wildman–Crippen MR) is 107 cm³/mol. The highest BCUT2D eigenvalue weighted by atomic mass is 16.5. The number of aliphatic hydroxyl groups excluding tert-OH is 1. The second-order valence-corrected chi connectivity index (χ2v) is 7.09. The van der Waals surface area contributed by atoms with E-state index in [9.17, 15) is 9.59 Å². The quantitative estimate of drug-likeness (QED) is 0.676. The summed E-state index contributed by atoms with van der Waals surface area (Å²) in [6.07, 6.45) is 1.70. The lowest BCUT2D eigenvalue weighted by Crippen LogP contribution is -2.48. The summed E-state index contributed by atoms with van der Waals surface area (Å²) in [5.74, 6) is 0.137. The maximum Gasteiger partial charge on any atom is 0.277 e. The molecule has 0 aromatic heterocycles. The zero-order valence-electron chi connectivity index (χ0n) is 16.7. The number of amides is 2. The maximum atomic E-state index is 13.2. The molecule has 0 saturated carbocycles. The lowest BCUT2D eigenvalue weighted by molar-refractivity contribution is -0.137. The first-order valence-electron chi connectivity index (χ1n) is 9.94. The van der Waals surface area contributed by atoms with E-state index in [0.717, 1.165) is 25.9 Å². The van der Waals surface area contributed by atoms with Gasteiger partial charge in [0.15, 0.2) is 0 Å². The Morgan fingerprint density at radius 2 is 1.75 bits per heavy atom. The molecular formula is C21H29N3O4. The molecule has 7 heteroatoms. The molecule has 0 bridgehead atoms. The van der Waals surface area contributed by atoms with Crippen LogP contribution in [0.1, 0.15) is 25.3 Å². The Labute approximate surface area is 166 Å². The Morgan fingerprint density at radius 3 is 2.39 bits per heavy atom. The molecular weight excluding hydrogens is 358 g/mol. The van der Waals surface area contributed by atoms with Crippen LogP contribution >= 0.6 is 0 Å². The molecule has 1 N–H and O–H groups in total. The fraction of sp³-hybridized carbons (Fsp3) is 0.524. The van der Waals surface area contributed by atoms with Crippen molar-refractivity contribution in [2.45, 2.75) is 19.8 Å². The van der Waals surface area contributed by atoms with Crippen molar-refractivity contribution in [3.05, 3.63) is 35.5 Å². The number of β-amino-alcohol motifs (C(OH)–C–C–N with tert-alkyl or cyclic N) is 1. The number of benzene rings is 1. The van der Waals surface area contributed by atoms with E-state index in [1.807, 2.05) is 36.1 Å². The number of piperazine rings is 1. The minimum atomic E-state index is -0.240. The smallest absolute Gasteiger partial charge is 0.277 e. The monoisotopic (exact) mass is 387 g/mol. The third-order valence-electron chi connectivity index (χ3n) is 5.36. The molecule has 152 valence electrons. The van der Waals surface area contributed by atoms with Crippen LogP contribution in [0.5, 0.6) is 5.75 Å². The molecule has 2 amide bonds. The first-order valence-corrected chi connectivity index (χ1v) is 9.94. The summed E-state index contributed by atoms with van der Waals surface area (Å²) in [5, 5.41) is 9.15. The average Bonchev–Trinajstić information content (AvgIpc) is 2.97. The third-order valence-corrected chi connectivity index (χ3v) is 5.36. The Hall–Kier alpha value is -2.38. The standard InChI is InChI=1S/C21H29N3O4/c1-3-4-9-24-20(26)18(16-7-5-6-8-17(16)28-2)19(21(24)27)23-12-10-22(11-13-23)14-15-25/h5-8,25H,3-4,9-15H2,1-2H3. The van der Waals surface area contributed by atoms with Gasteiger partial charge in [-0.05, 0) is 12.5 Å². The van der Waals surface area contributed by atoms with Gasteiger partial charge in [-0.15, -0.1) is 0 Å². The number of aliphatic hydroxyl groups is 1. The molecule has 2 heterocycles. The van der Waals surface area contributed by atoms with Crippen molar-refractivity contribution >= 4 is 17.4 Å². The van der Waals surface area contributed by atoms with E-state index in [-0.39, 0.29) is 18.4 Å². The Balaban J connectivity index is 1.98. The molecule has 1 fully saturated rings. The van der Waals surface area contributed by atoms with Crippen LogP contribution in [0.2, 0.25) is 0 Å². The number of imide groups is 1. The molecule has 1 aromatic carbocycles. The molecule has 0 spiro atoms. The van der Waals surface area contributed by atoms with Crippen molar-refractivity contribution in [3.63, 3.8) is 0 Å².